The van der Waals surface area contributed by atoms with E-state index in [9.17, 15) is 9.90 Å². The highest BCUT2D eigenvalue weighted by molar-refractivity contribution is 6.08. The Morgan fingerprint density at radius 2 is 1.74 bits per heavy atom. The number of amides is 1. The smallest absolute Gasteiger partial charge is 0.217 e. The molecule has 134 valence electrons. The summed E-state index contributed by atoms with van der Waals surface area (Å²) in [5, 5.41) is 15.3. The number of para-hydroxylation sites is 1. The van der Waals surface area contributed by atoms with Crippen LogP contribution in [-0.4, -0.2) is 11.0 Å². The van der Waals surface area contributed by atoms with Crippen molar-refractivity contribution in [2.24, 2.45) is 0 Å². The van der Waals surface area contributed by atoms with Crippen LogP contribution in [-0.2, 0) is 4.79 Å². The fourth-order valence-corrected chi connectivity index (χ4v) is 3.35. The number of phenolic OH excluding ortho intramolecular Hbond substituents is 1. The van der Waals surface area contributed by atoms with Crippen LogP contribution in [0.15, 0.2) is 77.2 Å². The van der Waals surface area contributed by atoms with E-state index in [1.54, 1.807) is 12.1 Å². The first-order chi connectivity index (χ1) is 13.1. The summed E-state index contributed by atoms with van der Waals surface area (Å²) in [4.78, 5) is 11.8. The van der Waals surface area contributed by atoms with E-state index in [4.69, 9.17) is 4.42 Å². The minimum atomic E-state index is -0.493. The molecular weight excluding hydrogens is 338 g/mol. The van der Waals surface area contributed by atoms with Crippen LogP contribution in [0.25, 0.3) is 28.0 Å². The first kappa shape index (κ1) is 16.9. The SMILES string of the molecule is CC(=O)NC(/C=C/c1ccccc1)c1c(O)ccc2oc3ccccc3c12. The van der Waals surface area contributed by atoms with Gasteiger partial charge in [0.05, 0.1) is 6.04 Å². The monoisotopic (exact) mass is 357 g/mol. The minimum absolute atomic E-state index is 0.116. The molecule has 1 atom stereocenters. The van der Waals surface area contributed by atoms with Gasteiger partial charge in [-0.25, -0.2) is 0 Å². The molecule has 0 aliphatic carbocycles. The Morgan fingerprint density at radius 1 is 1.00 bits per heavy atom. The molecule has 0 bridgehead atoms. The van der Waals surface area contributed by atoms with E-state index in [1.807, 2.05) is 66.7 Å². The topological polar surface area (TPSA) is 62.5 Å². The van der Waals surface area contributed by atoms with Gasteiger partial charge in [0, 0.05) is 23.3 Å². The number of fused-ring (bicyclic) bond motifs is 3. The minimum Gasteiger partial charge on any atom is -0.508 e. The molecule has 4 aromatic rings. The molecule has 1 aromatic heterocycles. The number of aromatic hydroxyl groups is 1. The standard InChI is InChI=1S/C23H19NO3/c1-15(25)24-18(12-11-16-7-3-2-4-8-16)23-19(26)13-14-21-22(23)17-9-5-6-10-20(17)27-21/h2-14,18,26H,1H3,(H,24,25)/b12-11+. The number of carbonyl (C=O) groups is 1. The van der Waals surface area contributed by atoms with Crippen LogP contribution in [0.2, 0.25) is 0 Å². The highest BCUT2D eigenvalue weighted by atomic mass is 16.3. The quantitative estimate of drug-likeness (QED) is 0.529. The zero-order valence-corrected chi connectivity index (χ0v) is 14.8. The van der Waals surface area contributed by atoms with Crippen molar-refractivity contribution in [3.63, 3.8) is 0 Å². The summed E-state index contributed by atoms with van der Waals surface area (Å²) in [6.45, 7) is 1.47. The van der Waals surface area contributed by atoms with Crippen molar-refractivity contribution in [1.29, 1.82) is 0 Å². The summed E-state index contributed by atoms with van der Waals surface area (Å²) in [7, 11) is 0. The molecule has 0 radical (unpaired) electrons. The molecular formula is C23H19NO3. The van der Waals surface area contributed by atoms with Gasteiger partial charge in [-0.05, 0) is 23.8 Å². The van der Waals surface area contributed by atoms with E-state index in [1.165, 1.54) is 6.92 Å². The van der Waals surface area contributed by atoms with Crippen molar-refractivity contribution in [3.8, 4) is 5.75 Å². The van der Waals surface area contributed by atoms with Crippen LogP contribution < -0.4 is 5.32 Å². The number of furan rings is 1. The molecule has 1 heterocycles. The number of hydrogen-bond acceptors (Lipinski definition) is 3. The van der Waals surface area contributed by atoms with Gasteiger partial charge < -0.3 is 14.8 Å². The lowest BCUT2D eigenvalue weighted by Gasteiger charge is -2.17. The second-order valence-corrected chi connectivity index (χ2v) is 6.42. The Hall–Kier alpha value is -3.53. The Labute approximate surface area is 156 Å². The zero-order valence-electron chi connectivity index (χ0n) is 14.8. The van der Waals surface area contributed by atoms with Crippen LogP contribution >= 0.6 is 0 Å². The fourth-order valence-electron chi connectivity index (χ4n) is 3.35. The molecule has 4 rings (SSSR count). The molecule has 0 saturated carbocycles. The van der Waals surface area contributed by atoms with Crippen LogP contribution in [0.3, 0.4) is 0 Å². The molecule has 27 heavy (non-hydrogen) atoms. The van der Waals surface area contributed by atoms with Crippen molar-refractivity contribution in [2.75, 3.05) is 0 Å². The van der Waals surface area contributed by atoms with E-state index >= 15 is 0 Å². The first-order valence-corrected chi connectivity index (χ1v) is 8.77. The molecule has 0 aliphatic heterocycles. The van der Waals surface area contributed by atoms with Crippen molar-refractivity contribution in [1.82, 2.24) is 5.32 Å². The summed E-state index contributed by atoms with van der Waals surface area (Å²) in [6, 6.07) is 20.4. The molecule has 0 spiro atoms. The molecule has 3 aromatic carbocycles. The summed E-state index contributed by atoms with van der Waals surface area (Å²) < 4.78 is 5.92. The molecule has 0 fully saturated rings. The van der Waals surface area contributed by atoms with E-state index < -0.39 is 6.04 Å². The van der Waals surface area contributed by atoms with E-state index in [0.717, 1.165) is 21.9 Å². The number of carbonyl (C=O) groups excluding carboxylic acids is 1. The highest BCUT2D eigenvalue weighted by Gasteiger charge is 2.21. The second kappa shape index (κ2) is 7.00. The molecule has 2 N–H and O–H groups in total. The van der Waals surface area contributed by atoms with Gasteiger partial charge in [-0.3, -0.25) is 4.79 Å². The molecule has 4 nitrogen and oxygen atoms in total. The lowest BCUT2D eigenvalue weighted by Crippen LogP contribution is -2.24. The molecule has 0 saturated heterocycles. The molecule has 1 unspecified atom stereocenters. The van der Waals surface area contributed by atoms with Gasteiger partial charge in [-0.2, -0.15) is 0 Å². The van der Waals surface area contributed by atoms with Crippen LogP contribution in [0.4, 0.5) is 0 Å². The maximum atomic E-state index is 11.8. The van der Waals surface area contributed by atoms with Gasteiger partial charge in [-0.15, -0.1) is 0 Å². The van der Waals surface area contributed by atoms with Gasteiger partial charge in [0.15, 0.2) is 0 Å². The third-order valence-corrected chi connectivity index (χ3v) is 4.51. The van der Waals surface area contributed by atoms with Crippen molar-refractivity contribution in [3.05, 3.63) is 83.9 Å². The third-order valence-electron chi connectivity index (χ3n) is 4.51. The zero-order chi connectivity index (χ0) is 18.8. The largest absolute Gasteiger partial charge is 0.508 e. The number of nitrogens with one attached hydrogen (secondary N) is 1. The van der Waals surface area contributed by atoms with Crippen molar-refractivity contribution < 1.29 is 14.3 Å². The lowest BCUT2D eigenvalue weighted by molar-refractivity contribution is -0.119. The fraction of sp³-hybridized carbons (Fsp3) is 0.0870. The van der Waals surface area contributed by atoms with Crippen molar-refractivity contribution >= 4 is 33.9 Å². The second-order valence-electron chi connectivity index (χ2n) is 6.42. The maximum Gasteiger partial charge on any atom is 0.217 e. The maximum absolute atomic E-state index is 11.8. The van der Waals surface area contributed by atoms with Crippen LogP contribution in [0, 0.1) is 0 Å². The van der Waals surface area contributed by atoms with Crippen LogP contribution in [0.1, 0.15) is 24.1 Å². The van der Waals surface area contributed by atoms with E-state index in [-0.39, 0.29) is 11.7 Å². The van der Waals surface area contributed by atoms with E-state index in [0.29, 0.717) is 11.1 Å². The Morgan fingerprint density at radius 3 is 2.52 bits per heavy atom. The van der Waals surface area contributed by atoms with Gasteiger partial charge in [-0.1, -0.05) is 60.7 Å². The average Bonchev–Trinajstić information content (AvgIpc) is 3.05. The predicted molar refractivity (Wildman–Crippen MR) is 107 cm³/mol. The normalized spacial score (nSPS) is 12.6. The highest BCUT2D eigenvalue weighted by Crippen LogP contribution is 2.39. The molecule has 0 aliphatic rings. The first-order valence-electron chi connectivity index (χ1n) is 8.77. The van der Waals surface area contributed by atoms with Gasteiger partial charge in [0.1, 0.15) is 16.9 Å². The van der Waals surface area contributed by atoms with Gasteiger partial charge in [0.2, 0.25) is 5.91 Å². The van der Waals surface area contributed by atoms with Crippen molar-refractivity contribution in [2.45, 2.75) is 13.0 Å². The summed E-state index contributed by atoms with van der Waals surface area (Å²) in [5.74, 6) is -0.0626. The molecule has 4 heteroatoms. The Kier molecular flexibility index (Phi) is 4.38. The van der Waals surface area contributed by atoms with E-state index in [2.05, 4.69) is 5.32 Å². The lowest BCUT2D eigenvalue weighted by atomic mass is 9.97. The summed E-state index contributed by atoms with van der Waals surface area (Å²) in [6.07, 6.45) is 3.81. The summed E-state index contributed by atoms with van der Waals surface area (Å²) >= 11 is 0. The third kappa shape index (κ3) is 3.29. The number of hydrogen-bond donors (Lipinski definition) is 2. The van der Waals surface area contributed by atoms with Gasteiger partial charge >= 0.3 is 0 Å². The summed E-state index contributed by atoms with van der Waals surface area (Å²) in [5.41, 5.74) is 3.05. The van der Waals surface area contributed by atoms with Crippen LogP contribution in [0.5, 0.6) is 5.75 Å². The molecule has 1 amide bonds. The Bertz CT molecular complexity index is 1140. The number of benzene rings is 3. The number of phenols is 1. The van der Waals surface area contributed by atoms with Gasteiger partial charge in [0.25, 0.3) is 0 Å². The average molecular weight is 357 g/mol. The Balaban J connectivity index is 1.91. The number of rotatable bonds is 4. The predicted octanol–water partition coefficient (Wildman–Crippen LogP) is 5.18.